The molecule has 0 spiro atoms. The normalized spacial score (nSPS) is 13.9. The molecular weight excluding hydrogens is 222 g/mol. The molecule has 0 aromatic carbocycles. The molecule has 3 nitrogen and oxygen atoms in total. The summed E-state index contributed by atoms with van der Waals surface area (Å²) in [4.78, 5) is 9.04. The number of hydrogen-bond donors (Lipinski definition) is 1. The first kappa shape index (κ1) is 11.0. The summed E-state index contributed by atoms with van der Waals surface area (Å²) in [6.45, 7) is 2.93. The Morgan fingerprint density at radius 1 is 1.33 bits per heavy atom. The number of hydrogen-bond acceptors (Lipinski definition) is 3. The van der Waals surface area contributed by atoms with Crippen LogP contribution >= 0.6 is 0 Å². The molecule has 90 valence electrons. The van der Waals surface area contributed by atoms with Crippen LogP contribution in [0.1, 0.15) is 19.0 Å². The zero-order chi connectivity index (χ0) is 12.4. The van der Waals surface area contributed by atoms with E-state index in [-0.39, 0.29) is 0 Å². The van der Waals surface area contributed by atoms with Gasteiger partial charge in [0.2, 0.25) is 0 Å². The van der Waals surface area contributed by atoms with E-state index in [4.69, 9.17) is 4.98 Å². The van der Waals surface area contributed by atoms with Crippen LogP contribution in [-0.2, 0) is 0 Å². The summed E-state index contributed by atoms with van der Waals surface area (Å²) in [5.74, 6) is 0.880. The van der Waals surface area contributed by atoms with E-state index < -0.39 is 0 Å². The predicted octanol–water partition coefficient (Wildman–Crippen LogP) is 3.40. The van der Waals surface area contributed by atoms with Crippen LogP contribution in [0.3, 0.4) is 0 Å². The fraction of sp³-hybridized carbons (Fsp3) is 0.200. The second-order valence-corrected chi connectivity index (χ2v) is 4.29. The molecule has 3 rings (SSSR count). The van der Waals surface area contributed by atoms with E-state index in [0.717, 1.165) is 35.4 Å². The third-order valence-corrected chi connectivity index (χ3v) is 3.00. The molecular formula is C15H15N3. The van der Waals surface area contributed by atoms with Crippen LogP contribution < -0.4 is 5.32 Å². The largest absolute Gasteiger partial charge is 0.370 e. The maximum atomic E-state index is 4.70. The molecule has 1 N–H and O–H groups in total. The molecule has 0 atom stereocenters. The standard InChI is InChI=1S/C15H15N3/c1-2-16-15-9-14-12(10-17-15)7-8-13(18-14)11-5-3-4-6-11/h3,5-10H,2,4H2,1H3,(H,16,17). The molecule has 2 heterocycles. The summed E-state index contributed by atoms with van der Waals surface area (Å²) in [6, 6.07) is 6.13. The number of nitrogens with one attached hydrogen (secondary N) is 1. The average molecular weight is 237 g/mol. The predicted molar refractivity (Wildman–Crippen MR) is 75.4 cm³/mol. The first-order valence-electron chi connectivity index (χ1n) is 6.24. The molecule has 0 amide bonds. The lowest BCUT2D eigenvalue weighted by atomic mass is 10.1. The van der Waals surface area contributed by atoms with Gasteiger partial charge in [-0.1, -0.05) is 18.2 Å². The summed E-state index contributed by atoms with van der Waals surface area (Å²) in [7, 11) is 0. The van der Waals surface area contributed by atoms with Gasteiger partial charge >= 0.3 is 0 Å². The Hall–Kier alpha value is -2.16. The number of pyridine rings is 2. The SMILES string of the molecule is CCNc1cc2nc(C3=CCC=C3)ccc2cn1. The Morgan fingerprint density at radius 3 is 3.06 bits per heavy atom. The molecule has 0 unspecified atom stereocenters. The molecule has 1 aliphatic carbocycles. The molecule has 0 radical (unpaired) electrons. The van der Waals surface area contributed by atoms with Gasteiger partial charge in [-0.3, -0.25) is 0 Å². The highest BCUT2D eigenvalue weighted by Gasteiger charge is 2.05. The van der Waals surface area contributed by atoms with Gasteiger partial charge in [-0.25, -0.2) is 9.97 Å². The van der Waals surface area contributed by atoms with Crippen LogP contribution in [0.2, 0.25) is 0 Å². The summed E-state index contributed by atoms with van der Waals surface area (Å²) >= 11 is 0. The van der Waals surface area contributed by atoms with E-state index in [9.17, 15) is 0 Å². The zero-order valence-corrected chi connectivity index (χ0v) is 10.4. The van der Waals surface area contributed by atoms with E-state index in [1.165, 1.54) is 5.57 Å². The number of aromatic nitrogens is 2. The Labute approximate surface area is 106 Å². The van der Waals surface area contributed by atoms with E-state index in [1.54, 1.807) is 0 Å². The molecule has 0 saturated carbocycles. The van der Waals surface area contributed by atoms with E-state index in [1.807, 2.05) is 12.3 Å². The van der Waals surface area contributed by atoms with Crippen molar-refractivity contribution >= 4 is 22.3 Å². The van der Waals surface area contributed by atoms with Gasteiger partial charge in [0.15, 0.2) is 0 Å². The zero-order valence-electron chi connectivity index (χ0n) is 10.4. The van der Waals surface area contributed by atoms with Gasteiger partial charge in [-0.05, 0) is 31.1 Å². The minimum atomic E-state index is 0.867. The van der Waals surface area contributed by atoms with Crippen molar-refractivity contribution in [1.29, 1.82) is 0 Å². The van der Waals surface area contributed by atoms with Crippen LogP contribution in [0, 0.1) is 0 Å². The Balaban J connectivity index is 2.06. The number of nitrogens with zero attached hydrogens (tertiary/aromatic N) is 2. The van der Waals surface area contributed by atoms with Crippen LogP contribution in [-0.4, -0.2) is 16.5 Å². The molecule has 0 fully saturated rings. The van der Waals surface area contributed by atoms with Gasteiger partial charge in [0, 0.05) is 24.2 Å². The van der Waals surface area contributed by atoms with Gasteiger partial charge in [-0.2, -0.15) is 0 Å². The topological polar surface area (TPSA) is 37.8 Å². The third kappa shape index (κ3) is 1.99. The van der Waals surface area contributed by atoms with Gasteiger partial charge in [0.1, 0.15) is 5.82 Å². The second kappa shape index (κ2) is 4.61. The van der Waals surface area contributed by atoms with Crippen LogP contribution in [0.25, 0.3) is 16.5 Å². The van der Waals surface area contributed by atoms with Crippen molar-refractivity contribution < 1.29 is 0 Å². The van der Waals surface area contributed by atoms with E-state index in [0.29, 0.717) is 0 Å². The van der Waals surface area contributed by atoms with Crippen LogP contribution in [0.15, 0.2) is 42.6 Å². The summed E-state index contributed by atoms with van der Waals surface area (Å²) in [5, 5.41) is 4.28. The Kier molecular flexibility index (Phi) is 2.81. The van der Waals surface area contributed by atoms with Crippen LogP contribution in [0.4, 0.5) is 5.82 Å². The van der Waals surface area contributed by atoms with Crippen LogP contribution in [0.5, 0.6) is 0 Å². The first-order valence-corrected chi connectivity index (χ1v) is 6.24. The molecule has 18 heavy (non-hydrogen) atoms. The van der Waals surface area contributed by atoms with Gasteiger partial charge in [-0.15, -0.1) is 0 Å². The maximum Gasteiger partial charge on any atom is 0.128 e. The third-order valence-electron chi connectivity index (χ3n) is 3.00. The highest BCUT2D eigenvalue weighted by atomic mass is 15.0. The molecule has 0 saturated heterocycles. The van der Waals surface area contributed by atoms with E-state index in [2.05, 4.69) is 47.6 Å². The molecule has 2 aromatic heterocycles. The quantitative estimate of drug-likeness (QED) is 0.889. The van der Waals surface area contributed by atoms with E-state index >= 15 is 0 Å². The minimum Gasteiger partial charge on any atom is -0.370 e. The van der Waals surface area contributed by atoms with Crippen molar-refractivity contribution in [2.45, 2.75) is 13.3 Å². The van der Waals surface area contributed by atoms with Crippen molar-refractivity contribution in [1.82, 2.24) is 9.97 Å². The first-order chi connectivity index (χ1) is 8.86. The van der Waals surface area contributed by atoms with Crippen molar-refractivity contribution in [3.05, 3.63) is 48.3 Å². The fourth-order valence-electron chi connectivity index (χ4n) is 2.10. The Morgan fingerprint density at radius 2 is 2.28 bits per heavy atom. The lowest BCUT2D eigenvalue weighted by Gasteiger charge is -2.05. The average Bonchev–Trinajstić information content (AvgIpc) is 2.92. The van der Waals surface area contributed by atoms with Gasteiger partial charge in [0.25, 0.3) is 0 Å². The Bertz CT molecular complexity index is 641. The summed E-state index contributed by atoms with van der Waals surface area (Å²) in [5.41, 5.74) is 3.23. The summed E-state index contributed by atoms with van der Waals surface area (Å²) < 4.78 is 0. The molecule has 2 aromatic rings. The summed E-state index contributed by atoms with van der Waals surface area (Å²) in [6.07, 6.45) is 9.34. The molecule has 0 bridgehead atoms. The van der Waals surface area contributed by atoms with Gasteiger partial charge in [0.05, 0.1) is 11.2 Å². The molecule has 1 aliphatic rings. The highest BCUT2D eigenvalue weighted by molar-refractivity contribution is 5.84. The monoisotopic (exact) mass is 237 g/mol. The highest BCUT2D eigenvalue weighted by Crippen LogP contribution is 2.23. The van der Waals surface area contributed by atoms with Crippen molar-refractivity contribution in [2.24, 2.45) is 0 Å². The lowest BCUT2D eigenvalue weighted by molar-refractivity contribution is 1.16. The van der Waals surface area contributed by atoms with Crippen molar-refractivity contribution in [3.8, 4) is 0 Å². The second-order valence-electron chi connectivity index (χ2n) is 4.29. The number of fused-ring (bicyclic) bond motifs is 1. The van der Waals surface area contributed by atoms with Crippen molar-refractivity contribution in [2.75, 3.05) is 11.9 Å². The number of rotatable bonds is 3. The van der Waals surface area contributed by atoms with Gasteiger partial charge < -0.3 is 5.32 Å². The van der Waals surface area contributed by atoms with Crippen molar-refractivity contribution in [3.63, 3.8) is 0 Å². The fourth-order valence-corrected chi connectivity index (χ4v) is 2.10. The maximum absolute atomic E-state index is 4.70. The number of anilines is 1. The smallest absolute Gasteiger partial charge is 0.128 e. The molecule has 0 aliphatic heterocycles. The minimum absolute atomic E-state index is 0.867. The molecule has 3 heteroatoms. The number of allylic oxidation sites excluding steroid dienone is 4. The lowest BCUT2D eigenvalue weighted by Crippen LogP contribution is -1.99.